The zero-order valence-corrected chi connectivity index (χ0v) is 16.0. The summed E-state index contributed by atoms with van der Waals surface area (Å²) in [5.41, 5.74) is 3.85. The van der Waals surface area contributed by atoms with E-state index in [-0.39, 0.29) is 11.4 Å². The number of fused-ring (bicyclic) bond motifs is 3. The van der Waals surface area contributed by atoms with Crippen LogP contribution in [-0.2, 0) is 22.4 Å². The molecule has 1 heterocycles. The minimum atomic E-state index is -3.02. The summed E-state index contributed by atoms with van der Waals surface area (Å²) in [6, 6.07) is 11.1. The van der Waals surface area contributed by atoms with Crippen LogP contribution in [0.2, 0.25) is 0 Å². The summed E-state index contributed by atoms with van der Waals surface area (Å²) in [5, 5.41) is 3.41. The largest absolute Gasteiger partial charge is 0.452 e. The van der Waals surface area contributed by atoms with Gasteiger partial charge in [-0.15, -0.1) is 0 Å². The fourth-order valence-corrected chi connectivity index (χ4v) is 3.70. The van der Waals surface area contributed by atoms with Crippen molar-refractivity contribution < 1.29 is 27.8 Å². The standard InChI is InChI=1S/C22H20F2N2O4/c23-22(24)30-19-8-4-3-7-18(19)26-20(27)12-29-21(28)13-9-10-17-15(11-13)14-5-1-2-6-16(14)25-17/h3-4,7-11,22,25H,1-2,5-6,12H2,(H,26,27). The summed E-state index contributed by atoms with van der Waals surface area (Å²) >= 11 is 0. The minimum Gasteiger partial charge on any atom is -0.452 e. The topological polar surface area (TPSA) is 80.4 Å². The lowest BCUT2D eigenvalue weighted by Gasteiger charge is -2.12. The number of ether oxygens (including phenoxy) is 2. The van der Waals surface area contributed by atoms with Crippen LogP contribution >= 0.6 is 0 Å². The first-order valence-electron chi connectivity index (χ1n) is 9.65. The molecule has 0 atom stereocenters. The quantitative estimate of drug-likeness (QED) is 0.585. The molecule has 1 aliphatic rings. The Labute approximate surface area is 171 Å². The lowest BCUT2D eigenvalue weighted by molar-refractivity contribution is -0.119. The van der Waals surface area contributed by atoms with Gasteiger partial charge in [0.25, 0.3) is 5.91 Å². The number of amides is 1. The molecule has 2 aromatic carbocycles. The van der Waals surface area contributed by atoms with E-state index in [0.29, 0.717) is 5.56 Å². The lowest BCUT2D eigenvalue weighted by Crippen LogP contribution is -2.21. The van der Waals surface area contributed by atoms with Crippen LogP contribution in [0, 0.1) is 0 Å². The third-order valence-corrected chi connectivity index (χ3v) is 5.05. The highest BCUT2D eigenvalue weighted by atomic mass is 19.3. The first kappa shape index (κ1) is 19.9. The maximum atomic E-state index is 12.5. The summed E-state index contributed by atoms with van der Waals surface area (Å²) < 4.78 is 34.4. The molecule has 0 spiro atoms. The number of carbonyl (C=O) groups is 2. The van der Waals surface area contributed by atoms with Gasteiger partial charge < -0.3 is 19.8 Å². The Bertz CT molecular complexity index is 1090. The molecule has 0 bridgehead atoms. The number of rotatable bonds is 6. The van der Waals surface area contributed by atoms with E-state index in [4.69, 9.17) is 4.74 Å². The van der Waals surface area contributed by atoms with Crippen molar-refractivity contribution in [1.82, 2.24) is 4.98 Å². The SMILES string of the molecule is O=C(COC(=O)c1ccc2[nH]c3c(c2c1)CCCC3)Nc1ccccc1OC(F)F. The van der Waals surface area contributed by atoms with E-state index in [1.165, 1.54) is 29.5 Å². The zero-order valence-electron chi connectivity index (χ0n) is 16.0. The van der Waals surface area contributed by atoms with Gasteiger partial charge in [0.1, 0.15) is 5.75 Å². The van der Waals surface area contributed by atoms with Crippen molar-refractivity contribution >= 4 is 28.5 Å². The smallest absolute Gasteiger partial charge is 0.387 e. The Kier molecular flexibility index (Phi) is 5.65. The van der Waals surface area contributed by atoms with Crippen LogP contribution in [0.25, 0.3) is 10.9 Å². The predicted octanol–water partition coefficient (Wildman–Crippen LogP) is 4.44. The number of H-pyrrole nitrogens is 1. The molecule has 156 valence electrons. The molecule has 0 saturated heterocycles. The van der Waals surface area contributed by atoms with E-state index in [2.05, 4.69) is 15.0 Å². The molecule has 6 nitrogen and oxygen atoms in total. The predicted molar refractivity (Wildman–Crippen MR) is 107 cm³/mol. The second-order valence-electron chi connectivity index (χ2n) is 7.05. The molecule has 8 heteroatoms. The Morgan fingerprint density at radius 3 is 2.73 bits per heavy atom. The minimum absolute atomic E-state index is 0.0687. The number of hydrogen-bond donors (Lipinski definition) is 2. The normalized spacial score (nSPS) is 13.2. The Hall–Kier alpha value is -3.42. The molecule has 0 unspecified atom stereocenters. The van der Waals surface area contributed by atoms with Crippen LogP contribution in [0.5, 0.6) is 5.75 Å². The van der Waals surface area contributed by atoms with Gasteiger partial charge in [-0.05, 0) is 61.6 Å². The number of anilines is 1. The van der Waals surface area contributed by atoms with Gasteiger partial charge in [0, 0.05) is 16.6 Å². The van der Waals surface area contributed by atoms with Gasteiger partial charge in [0.15, 0.2) is 6.61 Å². The van der Waals surface area contributed by atoms with Crippen molar-refractivity contribution in [2.75, 3.05) is 11.9 Å². The van der Waals surface area contributed by atoms with Crippen LogP contribution in [0.1, 0.15) is 34.5 Å². The summed E-state index contributed by atoms with van der Waals surface area (Å²) in [4.78, 5) is 27.9. The highest BCUT2D eigenvalue weighted by Crippen LogP contribution is 2.30. The maximum Gasteiger partial charge on any atom is 0.387 e. The third-order valence-electron chi connectivity index (χ3n) is 5.05. The fraction of sp³-hybridized carbons (Fsp3) is 0.273. The van der Waals surface area contributed by atoms with Crippen LogP contribution < -0.4 is 10.1 Å². The highest BCUT2D eigenvalue weighted by Gasteiger charge is 2.18. The number of aromatic nitrogens is 1. The second kappa shape index (κ2) is 8.52. The van der Waals surface area contributed by atoms with Crippen LogP contribution in [-0.4, -0.2) is 30.1 Å². The van der Waals surface area contributed by atoms with E-state index in [9.17, 15) is 18.4 Å². The van der Waals surface area contributed by atoms with E-state index in [1.807, 2.05) is 6.07 Å². The van der Waals surface area contributed by atoms with E-state index in [0.717, 1.165) is 36.6 Å². The van der Waals surface area contributed by atoms with Crippen molar-refractivity contribution in [3.05, 3.63) is 59.3 Å². The average molecular weight is 414 g/mol. The van der Waals surface area contributed by atoms with Gasteiger partial charge in [-0.2, -0.15) is 8.78 Å². The van der Waals surface area contributed by atoms with Crippen LogP contribution in [0.15, 0.2) is 42.5 Å². The molecule has 0 radical (unpaired) electrons. The Morgan fingerprint density at radius 1 is 1.10 bits per heavy atom. The highest BCUT2D eigenvalue weighted by molar-refractivity contribution is 5.98. The molecule has 4 rings (SSSR count). The van der Waals surface area contributed by atoms with Gasteiger partial charge in [0.05, 0.1) is 11.3 Å². The van der Waals surface area contributed by atoms with Crippen molar-refractivity contribution in [3.8, 4) is 5.75 Å². The van der Waals surface area contributed by atoms with E-state index < -0.39 is 25.1 Å². The Morgan fingerprint density at radius 2 is 1.90 bits per heavy atom. The summed E-state index contributed by atoms with van der Waals surface area (Å²) in [6.07, 6.45) is 4.23. The van der Waals surface area contributed by atoms with Crippen molar-refractivity contribution in [2.45, 2.75) is 32.3 Å². The van der Waals surface area contributed by atoms with Crippen LogP contribution in [0.3, 0.4) is 0 Å². The first-order valence-corrected chi connectivity index (χ1v) is 9.65. The maximum absolute atomic E-state index is 12.5. The number of para-hydroxylation sites is 2. The number of benzene rings is 2. The number of esters is 1. The number of alkyl halides is 2. The molecule has 1 aromatic heterocycles. The van der Waals surface area contributed by atoms with Gasteiger partial charge in [-0.3, -0.25) is 4.79 Å². The molecule has 0 saturated carbocycles. The zero-order chi connectivity index (χ0) is 21.1. The fourth-order valence-electron chi connectivity index (χ4n) is 3.70. The molecule has 0 fully saturated rings. The molecule has 0 aliphatic heterocycles. The van der Waals surface area contributed by atoms with Crippen molar-refractivity contribution in [2.24, 2.45) is 0 Å². The average Bonchev–Trinajstić information content (AvgIpc) is 3.11. The number of carbonyl (C=O) groups excluding carboxylic acids is 2. The lowest BCUT2D eigenvalue weighted by atomic mass is 9.95. The molecule has 1 amide bonds. The van der Waals surface area contributed by atoms with Crippen LogP contribution in [0.4, 0.5) is 14.5 Å². The molecule has 3 aromatic rings. The van der Waals surface area contributed by atoms with E-state index in [1.54, 1.807) is 18.2 Å². The number of aromatic amines is 1. The number of nitrogens with one attached hydrogen (secondary N) is 2. The summed E-state index contributed by atoms with van der Waals surface area (Å²) in [6.45, 7) is -3.57. The second-order valence-corrected chi connectivity index (χ2v) is 7.05. The summed E-state index contributed by atoms with van der Waals surface area (Å²) in [5.74, 6) is -1.46. The first-order chi connectivity index (χ1) is 14.5. The summed E-state index contributed by atoms with van der Waals surface area (Å²) in [7, 11) is 0. The number of hydrogen-bond acceptors (Lipinski definition) is 4. The van der Waals surface area contributed by atoms with Crippen molar-refractivity contribution in [3.63, 3.8) is 0 Å². The molecular weight excluding hydrogens is 394 g/mol. The van der Waals surface area contributed by atoms with E-state index >= 15 is 0 Å². The molecule has 1 aliphatic carbocycles. The van der Waals surface area contributed by atoms with Gasteiger partial charge in [-0.1, -0.05) is 12.1 Å². The Balaban J connectivity index is 1.41. The number of halogens is 2. The molecule has 30 heavy (non-hydrogen) atoms. The third kappa shape index (κ3) is 4.27. The van der Waals surface area contributed by atoms with Gasteiger partial charge >= 0.3 is 12.6 Å². The van der Waals surface area contributed by atoms with Gasteiger partial charge in [-0.25, -0.2) is 4.79 Å². The monoisotopic (exact) mass is 414 g/mol. The van der Waals surface area contributed by atoms with Gasteiger partial charge in [0.2, 0.25) is 0 Å². The molecular formula is C22H20F2N2O4. The molecule has 2 N–H and O–H groups in total. The number of aryl methyl sites for hydroxylation is 2. The van der Waals surface area contributed by atoms with Crippen molar-refractivity contribution in [1.29, 1.82) is 0 Å².